The average molecular weight is 377 g/mol. The molecule has 1 aliphatic heterocycles. The van der Waals surface area contributed by atoms with E-state index >= 15 is 0 Å². The van der Waals surface area contributed by atoms with Crippen LogP contribution in [0.5, 0.6) is 5.75 Å². The van der Waals surface area contributed by atoms with Gasteiger partial charge in [-0.15, -0.1) is 0 Å². The third-order valence-electron chi connectivity index (χ3n) is 5.08. The molecule has 2 aromatic carbocycles. The summed E-state index contributed by atoms with van der Waals surface area (Å²) >= 11 is 0. The van der Waals surface area contributed by atoms with Crippen LogP contribution >= 0.6 is 0 Å². The van der Waals surface area contributed by atoms with E-state index in [1.165, 1.54) is 10.5 Å². The number of benzene rings is 2. The Morgan fingerprint density at radius 2 is 1.75 bits per heavy atom. The number of unbranched alkanes of at least 4 members (excludes halogenated alkanes) is 1. The SMILES string of the molecule is NCCc1c[nH]c2ccc(OCCCCN3C(=O)c4ccccc4C3=O)cc12. The first-order chi connectivity index (χ1) is 13.7. The topological polar surface area (TPSA) is 88.4 Å². The van der Waals surface area contributed by atoms with Crippen LogP contribution in [0.15, 0.2) is 48.7 Å². The van der Waals surface area contributed by atoms with E-state index in [2.05, 4.69) is 4.98 Å². The number of hydrogen-bond acceptors (Lipinski definition) is 4. The molecule has 0 spiro atoms. The van der Waals surface area contributed by atoms with Crippen LogP contribution in [0.4, 0.5) is 0 Å². The van der Waals surface area contributed by atoms with Crippen molar-refractivity contribution in [3.05, 3.63) is 65.4 Å². The van der Waals surface area contributed by atoms with E-state index in [0.29, 0.717) is 37.2 Å². The van der Waals surface area contributed by atoms with Crippen LogP contribution in [0.3, 0.4) is 0 Å². The Kier molecular flexibility index (Phi) is 5.12. The second-order valence-electron chi connectivity index (χ2n) is 6.92. The molecule has 1 aromatic heterocycles. The molecule has 1 aliphatic rings. The predicted octanol–water partition coefficient (Wildman–Crippen LogP) is 3.12. The zero-order valence-corrected chi connectivity index (χ0v) is 15.6. The molecule has 3 N–H and O–H groups in total. The molecule has 2 amide bonds. The lowest BCUT2D eigenvalue weighted by molar-refractivity contribution is 0.0649. The Labute approximate surface area is 163 Å². The molecule has 6 nitrogen and oxygen atoms in total. The monoisotopic (exact) mass is 377 g/mol. The smallest absolute Gasteiger partial charge is 0.261 e. The quantitative estimate of drug-likeness (QED) is 0.466. The summed E-state index contributed by atoms with van der Waals surface area (Å²) in [5.74, 6) is 0.407. The van der Waals surface area contributed by atoms with E-state index in [1.807, 2.05) is 24.4 Å². The number of H-pyrrole nitrogens is 1. The molecule has 0 radical (unpaired) electrons. The maximum atomic E-state index is 12.3. The highest BCUT2D eigenvalue weighted by Crippen LogP contribution is 2.25. The molecule has 3 aromatic rings. The number of aromatic amines is 1. The van der Waals surface area contributed by atoms with Gasteiger partial charge in [0.05, 0.1) is 17.7 Å². The average Bonchev–Trinajstić information content (AvgIpc) is 3.22. The molecule has 28 heavy (non-hydrogen) atoms. The van der Waals surface area contributed by atoms with Gasteiger partial charge in [-0.1, -0.05) is 12.1 Å². The summed E-state index contributed by atoms with van der Waals surface area (Å²) < 4.78 is 5.86. The van der Waals surface area contributed by atoms with Crippen molar-refractivity contribution in [2.75, 3.05) is 19.7 Å². The third-order valence-corrected chi connectivity index (χ3v) is 5.08. The second-order valence-corrected chi connectivity index (χ2v) is 6.92. The van der Waals surface area contributed by atoms with Gasteiger partial charge in [-0.3, -0.25) is 14.5 Å². The lowest BCUT2D eigenvalue weighted by Gasteiger charge is -2.13. The molecule has 0 bridgehead atoms. The normalized spacial score (nSPS) is 13.4. The van der Waals surface area contributed by atoms with Crippen molar-refractivity contribution < 1.29 is 14.3 Å². The van der Waals surface area contributed by atoms with Crippen LogP contribution in [-0.2, 0) is 6.42 Å². The molecule has 0 unspecified atom stereocenters. The van der Waals surface area contributed by atoms with Gasteiger partial charge < -0.3 is 15.5 Å². The van der Waals surface area contributed by atoms with Gasteiger partial charge in [0, 0.05) is 23.6 Å². The summed E-state index contributed by atoms with van der Waals surface area (Å²) in [6, 6.07) is 12.9. The molecule has 4 rings (SSSR count). The maximum absolute atomic E-state index is 12.3. The predicted molar refractivity (Wildman–Crippen MR) is 108 cm³/mol. The second kappa shape index (κ2) is 7.86. The highest BCUT2D eigenvalue weighted by Gasteiger charge is 2.34. The molecular weight excluding hydrogens is 354 g/mol. The van der Waals surface area contributed by atoms with Gasteiger partial charge in [-0.2, -0.15) is 0 Å². The number of nitrogens with zero attached hydrogens (tertiary/aromatic N) is 1. The number of ether oxygens (including phenoxy) is 1. The minimum atomic E-state index is -0.202. The first kappa shape index (κ1) is 18.3. The fourth-order valence-corrected chi connectivity index (χ4v) is 3.61. The maximum Gasteiger partial charge on any atom is 0.261 e. The van der Waals surface area contributed by atoms with Crippen LogP contribution < -0.4 is 10.5 Å². The number of carbonyl (C=O) groups is 2. The summed E-state index contributed by atoms with van der Waals surface area (Å²) in [6.45, 7) is 1.55. The number of imide groups is 1. The van der Waals surface area contributed by atoms with E-state index in [9.17, 15) is 9.59 Å². The molecule has 0 saturated carbocycles. The van der Waals surface area contributed by atoms with Gasteiger partial charge in [-0.05, 0) is 61.7 Å². The van der Waals surface area contributed by atoms with E-state index in [-0.39, 0.29) is 11.8 Å². The van der Waals surface area contributed by atoms with Crippen molar-refractivity contribution in [3.8, 4) is 5.75 Å². The lowest BCUT2D eigenvalue weighted by Crippen LogP contribution is -2.30. The molecule has 0 atom stereocenters. The number of amides is 2. The summed E-state index contributed by atoms with van der Waals surface area (Å²) in [5, 5.41) is 1.13. The Morgan fingerprint density at radius 1 is 1.00 bits per heavy atom. The molecule has 2 heterocycles. The van der Waals surface area contributed by atoms with Crippen LogP contribution in [0.25, 0.3) is 10.9 Å². The first-order valence-corrected chi connectivity index (χ1v) is 9.57. The van der Waals surface area contributed by atoms with Gasteiger partial charge in [0.2, 0.25) is 0 Å². The zero-order chi connectivity index (χ0) is 19.5. The van der Waals surface area contributed by atoms with Gasteiger partial charge in [-0.25, -0.2) is 0 Å². The fourth-order valence-electron chi connectivity index (χ4n) is 3.61. The summed E-state index contributed by atoms with van der Waals surface area (Å²) in [5.41, 5.74) is 8.92. The number of nitrogens with two attached hydrogens (primary N) is 1. The molecule has 144 valence electrons. The largest absolute Gasteiger partial charge is 0.494 e. The highest BCUT2D eigenvalue weighted by molar-refractivity contribution is 6.21. The number of nitrogens with one attached hydrogen (secondary N) is 1. The Balaban J connectivity index is 1.29. The van der Waals surface area contributed by atoms with E-state index in [0.717, 1.165) is 29.5 Å². The van der Waals surface area contributed by atoms with Gasteiger partial charge >= 0.3 is 0 Å². The van der Waals surface area contributed by atoms with E-state index in [4.69, 9.17) is 10.5 Å². The molecule has 6 heteroatoms. The number of aromatic nitrogens is 1. The zero-order valence-electron chi connectivity index (χ0n) is 15.6. The van der Waals surface area contributed by atoms with Crippen molar-refractivity contribution in [3.63, 3.8) is 0 Å². The molecule has 0 aliphatic carbocycles. The number of carbonyl (C=O) groups excluding carboxylic acids is 2. The van der Waals surface area contributed by atoms with E-state index in [1.54, 1.807) is 24.3 Å². The Hall–Kier alpha value is -3.12. The minimum absolute atomic E-state index is 0.202. The number of rotatable bonds is 8. The molecular formula is C22H23N3O3. The Bertz CT molecular complexity index is 990. The van der Waals surface area contributed by atoms with Crippen molar-refractivity contribution in [1.29, 1.82) is 0 Å². The van der Waals surface area contributed by atoms with Crippen molar-refractivity contribution in [1.82, 2.24) is 9.88 Å². The van der Waals surface area contributed by atoms with E-state index < -0.39 is 0 Å². The summed E-state index contributed by atoms with van der Waals surface area (Å²) in [7, 11) is 0. The third kappa shape index (κ3) is 3.39. The minimum Gasteiger partial charge on any atom is -0.494 e. The van der Waals surface area contributed by atoms with Crippen molar-refractivity contribution >= 4 is 22.7 Å². The van der Waals surface area contributed by atoms with Crippen LogP contribution in [0.2, 0.25) is 0 Å². The standard InChI is InChI=1S/C22H23N3O3/c23-10-9-15-14-24-20-8-7-16(13-19(15)20)28-12-4-3-11-25-21(26)17-5-1-2-6-18(17)22(25)27/h1-2,5-8,13-14,24H,3-4,9-12,23H2. The molecule has 0 saturated heterocycles. The van der Waals surface area contributed by atoms with Crippen molar-refractivity contribution in [2.24, 2.45) is 5.73 Å². The van der Waals surface area contributed by atoms with Gasteiger partial charge in [0.1, 0.15) is 5.75 Å². The van der Waals surface area contributed by atoms with Crippen LogP contribution in [0, 0.1) is 0 Å². The summed E-state index contributed by atoms with van der Waals surface area (Å²) in [4.78, 5) is 29.2. The summed E-state index contributed by atoms with van der Waals surface area (Å²) in [6.07, 6.45) is 4.28. The highest BCUT2D eigenvalue weighted by atomic mass is 16.5. The van der Waals surface area contributed by atoms with Gasteiger partial charge in [0.15, 0.2) is 0 Å². The number of fused-ring (bicyclic) bond motifs is 2. The van der Waals surface area contributed by atoms with Crippen LogP contribution in [0.1, 0.15) is 39.1 Å². The fraction of sp³-hybridized carbons (Fsp3) is 0.273. The van der Waals surface area contributed by atoms with Crippen LogP contribution in [-0.4, -0.2) is 41.4 Å². The number of hydrogen-bond donors (Lipinski definition) is 2. The van der Waals surface area contributed by atoms with Gasteiger partial charge in [0.25, 0.3) is 11.8 Å². The Morgan fingerprint density at radius 3 is 2.46 bits per heavy atom. The lowest BCUT2D eigenvalue weighted by atomic mass is 10.1. The first-order valence-electron chi connectivity index (χ1n) is 9.57. The van der Waals surface area contributed by atoms with Crippen molar-refractivity contribution in [2.45, 2.75) is 19.3 Å². The molecule has 0 fully saturated rings.